The Bertz CT molecular complexity index is 1170. The number of carbonyl (C=O) groups excluding carboxylic acids is 1. The fourth-order valence-electron chi connectivity index (χ4n) is 3.17. The van der Waals surface area contributed by atoms with Gasteiger partial charge in [-0.3, -0.25) is 4.79 Å². The molecular formula is C25H24N4OS. The Labute approximate surface area is 186 Å². The number of hydrogen-bond donors (Lipinski definition) is 1. The van der Waals surface area contributed by atoms with E-state index < -0.39 is 0 Å². The predicted octanol–water partition coefficient (Wildman–Crippen LogP) is 5.02. The quantitative estimate of drug-likeness (QED) is 0.449. The molecule has 4 aromatic rings. The van der Waals surface area contributed by atoms with Crippen molar-refractivity contribution in [3.05, 3.63) is 107 Å². The average molecular weight is 429 g/mol. The highest BCUT2D eigenvalue weighted by molar-refractivity contribution is 7.99. The molecule has 0 aliphatic carbocycles. The molecule has 5 nitrogen and oxygen atoms in total. The van der Waals surface area contributed by atoms with Gasteiger partial charge in [-0.05, 0) is 60.4 Å². The Morgan fingerprint density at radius 1 is 1.00 bits per heavy atom. The van der Waals surface area contributed by atoms with Gasteiger partial charge in [0.05, 0.1) is 11.9 Å². The number of imidazole rings is 1. The number of aromatic nitrogens is 3. The molecular weight excluding hydrogens is 404 g/mol. The molecule has 0 fully saturated rings. The normalized spacial score (nSPS) is 10.8. The molecule has 2 aromatic heterocycles. The molecule has 6 heteroatoms. The Hall–Kier alpha value is -3.38. The van der Waals surface area contributed by atoms with Crippen molar-refractivity contribution in [2.45, 2.75) is 36.9 Å². The molecule has 0 aliphatic heterocycles. The highest BCUT2D eigenvalue weighted by Crippen LogP contribution is 2.30. The largest absolute Gasteiger partial charge is 0.348 e. The molecule has 0 aliphatic rings. The fraction of sp³-hybridized carbons (Fsp3) is 0.160. The number of aryl methyl sites for hydroxylation is 2. The Morgan fingerprint density at radius 2 is 1.81 bits per heavy atom. The molecule has 1 amide bonds. The van der Waals surface area contributed by atoms with Gasteiger partial charge in [0.1, 0.15) is 5.03 Å². The van der Waals surface area contributed by atoms with Crippen LogP contribution in [-0.4, -0.2) is 20.4 Å². The first kappa shape index (κ1) is 20.9. The van der Waals surface area contributed by atoms with Crippen LogP contribution in [0.3, 0.4) is 0 Å². The van der Waals surface area contributed by atoms with Gasteiger partial charge in [0.15, 0.2) is 0 Å². The van der Waals surface area contributed by atoms with Crippen molar-refractivity contribution in [1.29, 1.82) is 0 Å². The number of carbonyl (C=O) groups is 1. The lowest BCUT2D eigenvalue weighted by atomic mass is 10.1. The first-order valence-corrected chi connectivity index (χ1v) is 10.9. The maximum absolute atomic E-state index is 12.9. The summed E-state index contributed by atoms with van der Waals surface area (Å²) in [6.07, 6.45) is 7.24. The molecule has 0 bridgehead atoms. The number of nitrogens with zero attached hydrogens (tertiary/aromatic N) is 3. The van der Waals surface area contributed by atoms with Crippen molar-refractivity contribution >= 4 is 17.7 Å². The van der Waals surface area contributed by atoms with E-state index in [1.54, 1.807) is 24.8 Å². The maximum Gasteiger partial charge on any atom is 0.254 e. The lowest BCUT2D eigenvalue weighted by molar-refractivity contribution is 0.0947. The molecule has 2 heterocycles. The van der Waals surface area contributed by atoms with Crippen LogP contribution in [0.4, 0.5) is 0 Å². The summed E-state index contributed by atoms with van der Waals surface area (Å²) < 4.78 is 2.02. The molecule has 0 saturated heterocycles. The lowest BCUT2D eigenvalue weighted by Gasteiger charge is -2.10. The fourth-order valence-corrected chi connectivity index (χ4v) is 4.14. The molecule has 4 rings (SSSR count). The van der Waals surface area contributed by atoms with Gasteiger partial charge in [-0.15, -0.1) is 0 Å². The van der Waals surface area contributed by atoms with Gasteiger partial charge < -0.3 is 9.88 Å². The summed E-state index contributed by atoms with van der Waals surface area (Å²) in [4.78, 5) is 22.4. The van der Waals surface area contributed by atoms with Gasteiger partial charge in [0.25, 0.3) is 5.91 Å². The maximum atomic E-state index is 12.9. The van der Waals surface area contributed by atoms with Crippen molar-refractivity contribution < 1.29 is 4.79 Å². The minimum atomic E-state index is -0.123. The first-order chi connectivity index (χ1) is 15.1. The van der Waals surface area contributed by atoms with E-state index in [0.29, 0.717) is 17.1 Å². The molecule has 0 atom stereocenters. The van der Waals surface area contributed by atoms with Gasteiger partial charge in [0, 0.05) is 36.6 Å². The van der Waals surface area contributed by atoms with Crippen molar-refractivity contribution in [3.63, 3.8) is 0 Å². The van der Waals surface area contributed by atoms with Crippen LogP contribution in [0.1, 0.15) is 32.6 Å². The summed E-state index contributed by atoms with van der Waals surface area (Å²) >= 11 is 1.51. The topological polar surface area (TPSA) is 59.8 Å². The Balaban J connectivity index is 1.40. The molecule has 2 aromatic carbocycles. The van der Waals surface area contributed by atoms with Gasteiger partial charge >= 0.3 is 0 Å². The van der Waals surface area contributed by atoms with E-state index >= 15 is 0 Å². The van der Waals surface area contributed by atoms with Gasteiger partial charge in [-0.2, -0.15) is 0 Å². The highest BCUT2D eigenvalue weighted by atomic mass is 32.2. The van der Waals surface area contributed by atoms with Crippen LogP contribution in [-0.2, 0) is 13.1 Å². The van der Waals surface area contributed by atoms with Crippen LogP contribution in [0.2, 0.25) is 0 Å². The van der Waals surface area contributed by atoms with Gasteiger partial charge in [0.2, 0.25) is 0 Å². The van der Waals surface area contributed by atoms with E-state index in [0.717, 1.165) is 17.0 Å². The van der Waals surface area contributed by atoms with E-state index in [4.69, 9.17) is 0 Å². The zero-order valence-corrected chi connectivity index (χ0v) is 18.4. The molecule has 31 heavy (non-hydrogen) atoms. The third-order valence-electron chi connectivity index (χ3n) is 5.11. The van der Waals surface area contributed by atoms with E-state index in [-0.39, 0.29) is 5.91 Å². The van der Waals surface area contributed by atoms with Crippen molar-refractivity contribution in [1.82, 2.24) is 19.9 Å². The van der Waals surface area contributed by atoms with Crippen molar-refractivity contribution in [2.24, 2.45) is 0 Å². The van der Waals surface area contributed by atoms with Crippen LogP contribution < -0.4 is 5.32 Å². The molecule has 1 N–H and O–H groups in total. The monoisotopic (exact) mass is 428 g/mol. The van der Waals surface area contributed by atoms with E-state index in [1.165, 1.54) is 28.5 Å². The second kappa shape index (κ2) is 9.62. The van der Waals surface area contributed by atoms with E-state index in [2.05, 4.69) is 59.5 Å². The lowest BCUT2D eigenvalue weighted by Crippen LogP contribution is -2.23. The van der Waals surface area contributed by atoms with Gasteiger partial charge in [-0.25, -0.2) is 9.97 Å². The van der Waals surface area contributed by atoms with Crippen LogP contribution >= 0.6 is 11.8 Å². The number of nitrogens with one attached hydrogen (secondary N) is 1. The molecule has 0 spiro atoms. The number of hydrogen-bond acceptors (Lipinski definition) is 4. The third kappa shape index (κ3) is 5.41. The van der Waals surface area contributed by atoms with Crippen LogP contribution in [0, 0.1) is 13.8 Å². The summed E-state index contributed by atoms with van der Waals surface area (Å²) in [6.45, 7) is 5.42. The summed E-state index contributed by atoms with van der Waals surface area (Å²) in [7, 11) is 0. The zero-order chi connectivity index (χ0) is 21.6. The van der Waals surface area contributed by atoms with E-state index in [9.17, 15) is 4.79 Å². The molecule has 0 saturated carbocycles. The number of benzene rings is 2. The summed E-state index contributed by atoms with van der Waals surface area (Å²) in [5.41, 5.74) is 5.30. The van der Waals surface area contributed by atoms with Gasteiger partial charge in [-0.1, -0.05) is 42.1 Å². The smallest absolute Gasteiger partial charge is 0.254 e. The summed E-state index contributed by atoms with van der Waals surface area (Å²) in [6, 6.07) is 18.1. The van der Waals surface area contributed by atoms with Crippen molar-refractivity contribution in [3.8, 4) is 0 Å². The number of amides is 1. The average Bonchev–Trinajstić information content (AvgIpc) is 3.29. The Kier molecular flexibility index (Phi) is 6.48. The molecule has 0 unspecified atom stereocenters. The minimum Gasteiger partial charge on any atom is -0.348 e. The second-order valence-corrected chi connectivity index (χ2v) is 8.50. The number of pyridine rings is 1. The third-order valence-corrected chi connectivity index (χ3v) is 6.12. The standard InChI is InChI=1S/C25H24N4OS/c1-18-5-10-22(14-19(18)2)31-25-23(4-3-11-27-25)24(30)28-15-20-6-8-21(9-7-20)16-29-13-12-26-17-29/h3-14,17H,15-16H2,1-2H3,(H,28,30). The van der Waals surface area contributed by atoms with Crippen LogP contribution in [0.5, 0.6) is 0 Å². The second-order valence-electron chi connectivity index (χ2n) is 7.44. The molecule has 156 valence electrons. The predicted molar refractivity (Wildman–Crippen MR) is 123 cm³/mol. The Morgan fingerprint density at radius 3 is 2.55 bits per heavy atom. The minimum absolute atomic E-state index is 0.123. The first-order valence-electron chi connectivity index (χ1n) is 10.1. The van der Waals surface area contributed by atoms with E-state index in [1.807, 2.05) is 29.0 Å². The molecule has 0 radical (unpaired) electrons. The van der Waals surface area contributed by atoms with Crippen LogP contribution in [0.15, 0.2) is 89.4 Å². The number of rotatable bonds is 7. The highest BCUT2D eigenvalue weighted by Gasteiger charge is 2.13. The van der Waals surface area contributed by atoms with Crippen LogP contribution in [0.25, 0.3) is 0 Å². The summed E-state index contributed by atoms with van der Waals surface area (Å²) in [5, 5.41) is 3.73. The summed E-state index contributed by atoms with van der Waals surface area (Å²) in [5.74, 6) is -0.123. The zero-order valence-electron chi connectivity index (χ0n) is 17.6. The SMILES string of the molecule is Cc1ccc(Sc2ncccc2C(=O)NCc2ccc(Cn3ccnc3)cc2)cc1C. The van der Waals surface area contributed by atoms with Crippen molar-refractivity contribution in [2.75, 3.05) is 0 Å².